The van der Waals surface area contributed by atoms with Crippen molar-refractivity contribution in [1.29, 1.82) is 0 Å². The van der Waals surface area contributed by atoms with Crippen molar-refractivity contribution in [1.82, 2.24) is 15.1 Å². The maximum absolute atomic E-state index is 5.55. The van der Waals surface area contributed by atoms with Crippen molar-refractivity contribution >= 4 is 29.1 Å². The Kier molecular flexibility index (Phi) is 7.26. The van der Waals surface area contributed by atoms with Crippen LogP contribution in [0.15, 0.2) is 22.5 Å². The van der Waals surface area contributed by atoms with Gasteiger partial charge < -0.3 is 15.0 Å². The normalized spacial score (nSPS) is 23.0. The van der Waals surface area contributed by atoms with Crippen LogP contribution in [0.5, 0.6) is 0 Å². The molecule has 0 aromatic carbocycles. The Morgan fingerprint density at radius 3 is 2.81 bits per heavy atom. The molecule has 0 radical (unpaired) electrons. The summed E-state index contributed by atoms with van der Waals surface area (Å²) in [6.45, 7) is 14.3. The van der Waals surface area contributed by atoms with Gasteiger partial charge >= 0.3 is 0 Å². The second-order valence-corrected chi connectivity index (χ2v) is 10.2. The monoisotopic (exact) mass is 396 g/mol. The summed E-state index contributed by atoms with van der Waals surface area (Å²) in [5.74, 6) is 2.23. The van der Waals surface area contributed by atoms with Gasteiger partial charge in [0.15, 0.2) is 5.96 Å². The molecule has 0 spiro atoms. The topological polar surface area (TPSA) is 40.1 Å². The first-order valence-corrected chi connectivity index (χ1v) is 11.5. The van der Waals surface area contributed by atoms with Crippen LogP contribution in [-0.4, -0.2) is 78.7 Å². The van der Waals surface area contributed by atoms with E-state index in [-0.39, 0.29) is 4.75 Å². The fraction of sp³-hybridized carbons (Fsp3) is 0.737. The third-order valence-corrected chi connectivity index (χ3v) is 7.10. The van der Waals surface area contributed by atoms with E-state index in [4.69, 9.17) is 9.73 Å². The summed E-state index contributed by atoms with van der Waals surface area (Å²) in [5, 5.41) is 5.69. The fourth-order valence-corrected chi connectivity index (χ4v) is 5.51. The fourth-order valence-electron chi connectivity index (χ4n) is 3.55. The number of thioether (sulfide) groups is 1. The van der Waals surface area contributed by atoms with E-state index in [1.54, 1.807) is 0 Å². The predicted molar refractivity (Wildman–Crippen MR) is 114 cm³/mol. The highest BCUT2D eigenvalue weighted by Gasteiger charge is 2.29. The van der Waals surface area contributed by atoms with Gasteiger partial charge in [-0.05, 0) is 32.2 Å². The van der Waals surface area contributed by atoms with Crippen LogP contribution >= 0.6 is 23.1 Å². The maximum atomic E-state index is 5.55. The second-order valence-electron chi connectivity index (χ2n) is 7.40. The van der Waals surface area contributed by atoms with Gasteiger partial charge in [-0.2, -0.15) is 11.8 Å². The quantitative estimate of drug-likeness (QED) is 0.612. The first-order chi connectivity index (χ1) is 12.6. The molecule has 2 aliphatic heterocycles. The van der Waals surface area contributed by atoms with Gasteiger partial charge in [0.05, 0.1) is 25.8 Å². The molecule has 7 heteroatoms. The zero-order valence-electron chi connectivity index (χ0n) is 16.2. The molecule has 5 nitrogen and oxygen atoms in total. The number of ether oxygens (including phenoxy) is 1. The minimum absolute atomic E-state index is 0.284. The van der Waals surface area contributed by atoms with Crippen LogP contribution in [-0.2, 0) is 4.74 Å². The van der Waals surface area contributed by atoms with E-state index in [1.165, 1.54) is 4.88 Å². The Labute approximate surface area is 166 Å². The van der Waals surface area contributed by atoms with Crippen molar-refractivity contribution in [3.63, 3.8) is 0 Å². The van der Waals surface area contributed by atoms with Gasteiger partial charge in [-0.3, -0.25) is 9.89 Å². The molecule has 1 atom stereocenters. The van der Waals surface area contributed by atoms with E-state index in [9.17, 15) is 0 Å². The molecule has 146 valence electrons. The van der Waals surface area contributed by atoms with Crippen molar-refractivity contribution in [3.8, 4) is 0 Å². The molecule has 0 saturated carbocycles. The first-order valence-electron chi connectivity index (χ1n) is 9.61. The SMILES string of the molecule is CCNC(=NCC(c1cccs1)N1CCOCC1)N1CCSC(C)(C)C1. The number of aliphatic imine (C=N–C) groups is 1. The number of hydrogen-bond acceptors (Lipinski definition) is 5. The molecule has 2 saturated heterocycles. The van der Waals surface area contributed by atoms with E-state index in [0.29, 0.717) is 6.04 Å². The van der Waals surface area contributed by atoms with E-state index >= 15 is 0 Å². The molecule has 2 aliphatic rings. The highest BCUT2D eigenvalue weighted by molar-refractivity contribution is 8.00. The number of morpholine rings is 1. The zero-order chi connectivity index (χ0) is 18.4. The van der Waals surface area contributed by atoms with Gasteiger partial charge in [-0.15, -0.1) is 11.3 Å². The Balaban J connectivity index is 1.74. The number of thiophene rings is 1. The van der Waals surface area contributed by atoms with Gasteiger partial charge in [-0.1, -0.05) is 6.07 Å². The standard InChI is InChI=1S/C19H32N4OS2/c1-4-20-18(23-9-13-26-19(2,3)15-23)21-14-16(17-6-5-12-25-17)22-7-10-24-11-8-22/h5-6,12,16H,4,7-11,13-15H2,1-3H3,(H,20,21). The van der Waals surface area contributed by atoms with E-state index in [2.05, 4.69) is 65.2 Å². The first kappa shape index (κ1) is 20.0. The zero-order valence-corrected chi connectivity index (χ0v) is 17.9. The summed E-state index contributed by atoms with van der Waals surface area (Å²) in [6.07, 6.45) is 0. The molecule has 3 heterocycles. The number of nitrogens with zero attached hydrogens (tertiary/aromatic N) is 3. The van der Waals surface area contributed by atoms with E-state index < -0.39 is 0 Å². The van der Waals surface area contributed by atoms with Crippen LogP contribution in [0.4, 0.5) is 0 Å². The third-order valence-electron chi connectivity index (χ3n) is 4.83. The van der Waals surface area contributed by atoms with Crippen LogP contribution < -0.4 is 5.32 Å². The summed E-state index contributed by atoms with van der Waals surface area (Å²) < 4.78 is 5.84. The van der Waals surface area contributed by atoms with Crippen molar-refractivity contribution in [3.05, 3.63) is 22.4 Å². The van der Waals surface area contributed by atoms with E-state index in [0.717, 1.165) is 64.2 Å². The Hall–Kier alpha value is -0.760. The Morgan fingerprint density at radius 2 is 2.15 bits per heavy atom. The smallest absolute Gasteiger partial charge is 0.194 e. The van der Waals surface area contributed by atoms with Gasteiger partial charge in [0.2, 0.25) is 0 Å². The molecule has 0 amide bonds. The van der Waals surface area contributed by atoms with Gasteiger partial charge in [0.25, 0.3) is 0 Å². The molecule has 0 bridgehead atoms. The molecule has 1 unspecified atom stereocenters. The molecule has 1 N–H and O–H groups in total. The van der Waals surface area contributed by atoms with Crippen LogP contribution in [0.25, 0.3) is 0 Å². The van der Waals surface area contributed by atoms with Crippen LogP contribution in [0, 0.1) is 0 Å². The molecule has 3 rings (SSSR count). The molecule has 0 aliphatic carbocycles. The largest absolute Gasteiger partial charge is 0.379 e. The molecule has 1 aromatic heterocycles. The molecular formula is C19H32N4OS2. The average Bonchev–Trinajstić information content (AvgIpc) is 3.15. The number of nitrogens with one attached hydrogen (secondary N) is 1. The minimum Gasteiger partial charge on any atom is -0.379 e. The van der Waals surface area contributed by atoms with Crippen molar-refractivity contribution in [2.45, 2.75) is 31.6 Å². The van der Waals surface area contributed by atoms with Crippen molar-refractivity contribution < 1.29 is 4.74 Å². The molecule has 2 fully saturated rings. The number of rotatable bonds is 5. The number of guanidine groups is 1. The summed E-state index contributed by atoms with van der Waals surface area (Å²) in [7, 11) is 0. The Bertz CT molecular complexity index is 570. The minimum atomic E-state index is 0.284. The Morgan fingerprint density at radius 1 is 1.35 bits per heavy atom. The lowest BCUT2D eigenvalue weighted by atomic mass is 10.2. The molecule has 1 aromatic rings. The van der Waals surface area contributed by atoms with Gasteiger partial charge in [-0.25, -0.2) is 0 Å². The summed E-state index contributed by atoms with van der Waals surface area (Å²) in [6, 6.07) is 4.74. The molecule has 26 heavy (non-hydrogen) atoms. The van der Waals surface area contributed by atoms with Crippen molar-refractivity contribution in [2.75, 3.05) is 58.2 Å². The maximum Gasteiger partial charge on any atom is 0.194 e. The van der Waals surface area contributed by atoms with Crippen LogP contribution in [0.3, 0.4) is 0 Å². The number of hydrogen-bond donors (Lipinski definition) is 1. The highest BCUT2D eigenvalue weighted by atomic mass is 32.2. The lowest BCUT2D eigenvalue weighted by molar-refractivity contribution is 0.0186. The summed E-state index contributed by atoms with van der Waals surface area (Å²) >= 11 is 3.90. The van der Waals surface area contributed by atoms with Crippen LogP contribution in [0.1, 0.15) is 31.7 Å². The lowest BCUT2D eigenvalue weighted by Crippen LogP contribution is -2.51. The summed E-state index contributed by atoms with van der Waals surface area (Å²) in [4.78, 5) is 11.4. The van der Waals surface area contributed by atoms with Gasteiger partial charge in [0, 0.05) is 48.1 Å². The predicted octanol–water partition coefficient (Wildman–Crippen LogP) is 2.91. The van der Waals surface area contributed by atoms with Crippen molar-refractivity contribution in [2.24, 2.45) is 4.99 Å². The van der Waals surface area contributed by atoms with E-state index in [1.807, 2.05) is 11.3 Å². The van der Waals surface area contributed by atoms with Gasteiger partial charge in [0.1, 0.15) is 0 Å². The summed E-state index contributed by atoms with van der Waals surface area (Å²) in [5.41, 5.74) is 0. The molecular weight excluding hydrogens is 364 g/mol. The second kappa shape index (κ2) is 9.44. The van der Waals surface area contributed by atoms with Crippen LogP contribution in [0.2, 0.25) is 0 Å². The average molecular weight is 397 g/mol. The third kappa shape index (κ3) is 5.38. The lowest BCUT2D eigenvalue weighted by Gasteiger charge is -2.39. The highest BCUT2D eigenvalue weighted by Crippen LogP contribution is 2.30.